The van der Waals surface area contributed by atoms with Crippen LogP contribution in [0.4, 0.5) is 0 Å². The highest BCUT2D eigenvalue weighted by molar-refractivity contribution is 7.99. The molecular weight excluding hydrogens is 220 g/mol. The fourth-order valence-corrected chi connectivity index (χ4v) is 3.77. The molecule has 2 atom stereocenters. The summed E-state index contributed by atoms with van der Waals surface area (Å²) in [7, 11) is 0. The van der Waals surface area contributed by atoms with E-state index in [4.69, 9.17) is 5.73 Å². The highest BCUT2D eigenvalue weighted by Gasteiger charge is 2.40. The fraction of sp³-hybridized carbons (Fsp3) is 0.917. The topological polar surface area (TPSA) is 55.1 Å². The number of nitrogens with two attached hydrogens (primary N) is 1. The Balaban J connectivity index is 2.60. The standard InChI is InChI=1S/C12H24N2OS/c1-3-8-16-10-6-5-7-12(9-10,11(13)15)14-4-2/h10,14H,3-9H2,1-2H3,(H2,13,15). The van der Waals surface area contributed by atoms with Gasteiger partial charge in [-0.05, 0) is 44.4 Å². The third-order valence-electron chi connectivity index (χ3n) is 3.25. The van der Waals surface area contributed by atoms with Crippen LogP contribution in [0.1, 0.15) is 46.0 Å². The van der Waals surface area contributed by atoms with Crippen LogP contribution in [-0.2, 0) is 4.79 Å². The zero-order valence-electron chi connectivity index (χ0n) is 10.4. The lowest BCUT2D eigenvalue weighted by atomic mass is 9.80. The molecule has 0 saturated heterocycles. The Bertz CT molecular complexity index is 231. The second kappa shape index (κ2) is 6.50. The largest absolute Gasteiger partial charge is 0.368 e. The van der Waals surface area contributed by atoms with Gasteiger partial charge >= 0.3 is 0 Å². The van der Waals surface area contributed by atoms with Gasteiger partial charge in [0.25, 0.3) is 0 Å². The molecule has 3 nitrogen and oxygen atoms in total. The average Bonchev–Trinajstić information content (AvgIpc) is 2.27. The van der Waals surface area contributed by atoms with Crippen LogP contribution in [0.15, 0.2) is 0 Å². The molecule has 0 bridgehead atoms. The predicted molar refractivity (Wildman–Crippen MR) is 70.6 cm³/mol. The van der Waals surface area contributed by atoms with Crippen LogP contribution in [0.5, 0.6) is 0 Å². The van der Waals surface area contributed by atoms with Crippen LogP contribution in [0.3, 0.4) is 0 Å². The maximum Gasteiger partial charge on any atom is 0.237 e. The molecule has 3 N–H and O–H groups in total. The molecule has 0 aromatic rings. The van der Waals surface area contributed by atoms with Crippen molar-refractivity contribution < 1.29 is 4.79 Å². The number of rotatable bonds is 6. The van der Waals surface area contributed by atoms with Gasteiger partial charge in [0.15, 0.2) is 0 Å². The lowest BCUT2D eigenvalue weighted by Crippen LogP contribution is -2.58. The second-order valence-corrected chi connectivity index (χ2v) is 5.97. The minimum absolute atomic E-state index is 0.170. The van der Waals surface area contributed by atoms with Crippen LogP contribution >= 0.6 is 11.8 Å². The smallest absolute Gasteiger partial charge is 0.237 e. The zero-order valence-corrected chi connectivity index (χ0v) is 11.2. The number of carbonyl (C=O) groups excluding carboxylic acids is 1. The molecule has 0 heterocycles. The van der Waals surface area contributed by atoms with Crippen LogP contribution in [0.25, 0.3) is 0 Å². The van der Waals surface area contributed by atoms with Crippen molar-refractivity contribution in [2.75, 3.05) is 12.3 Å². The molecule has 1 aliphatic rings. The van der Waals surface area contributed by atoms with Crippen molar-refractivity contribution in [1.82, 2.24) is 5.32 Å². The van der Waals surface area contributed by atoms with E-state index in [0.29, 0.717) is 5.25 Å². The minimum Gasteiger partial charge on any atom is -0.368 e. The van der Waals surface area contributed by atoms with Crippen LogP contribution in [0, 0.1) is 0 Å². The van der Waals surface area contributed by atoms with E-state index in [1.807, 2.05) is 18.7 Å². The summed E-state index contributed by atoms with van der Waals surface area (Å²) >= 11 is 2.00. The maximum absolute atomic E-state index is 11.6. The fourth-order valence-electron chi connectivity index (χ4n) is 2.46. The summed E-state index contributed by atoms with van der Waals surface area (Å²) in [6.07, 6.45) is 5.34. The first-order valence-electron chi connectivity index (χ1n) is 6.31. The molecule has 0 aromatic carbocycles. The lowest BCUT2D eigenvalue weighted by molar-refractivity contribution is -0.125. The molecule has 0 aliphatic heterocycles. The summed E-state index contributed by atoms with van der Waals surface area (Å²) in [5.41, 5.74) is 5.14. The molecule has 1 saturated carbocycles. The second-order valence-electron chi connectivity index (χ2n) is 4.57. The predicted octanol–water partition coefficient (Wildman–Crippen LogP) is 1.91. The van der Waals surface area contributed by atoms with E-state index >= 15 is 0 Å². The van der Waals surface area contributed by atoms with Crippen molar-refractivity contribution in [3.8, 4) is 0 Å². The molecule has 0 spiro atoms. The van der Waals surface area contributed by atoms with Crippen LogP contribution in [-0.4, -0.2) is 29.0 Å². The first kappa shape index (κ1) is 13.8. The van der Waals surface area contributed by atoms with Gasteiger partial charge in [0.1, 0.15) is 0 Å². The Hall–Kier alpha value is -0.220. The summed E-state index contributed by atoms with van der Waals surface area (Å²) in [5.74, 6) is 1.02. The SMILES string of the molecule is CCCSC1CCCC(NCC)(C(N)=O)C1. The van der Waals surface area contributed by atoms with Gasteiger partial charge in [-0.15, -0.1) is 0 Å². The first-order chi connectivity index (χ1) is 7.64. The molecular formula is C12H24N2OS. The first-order valence-corrected chi connectivity index (χ1v) is 7.36. The summed E-state index contributed by atoms with van der Waals surface area (Å²) in [6, 6.07) is 0. The van der Waals surface area contributed by atoms with Gasteiger partial charge in [-0.25, -0.2) is 0 Å². The van der Waals surface area contributed by atoms with E-state index in [-0.39, 0.29) is 5.91 Å². The van der Waals surface area contributed by atoms with Crippen LogP contribution < -0.4 is 11.1 Å². The summed E-state index contributed by atoms with van der Waals surface area (Å²) in [6.45, 7) is 5.04. The van der Waals surface area contributed by atoms with Gasteiger partial charge in [0.2, 0.25) is 5.91 Å². The van der Waals surface area contributed by atoms with Gasteiger partial charge in [0, 0.05) is 5.25 Å². The van der Waals surface area contributed by atoms with Crippen LogP contribution in [0.2, 0.25) is 0 Å². The maximum atomic E-state index is 11.6. The van der Waals surface area contributed by atoms with Crippen molar-refractivity contribution >= 4 is 17.7 Å². The van der Waals surface area contributed by atoms with Crippen molar-refractivity contribution in [2.24, 2.45) is 5.73 Å². The Labute approximate surface area is 103 Å². The summed E-state index contributed by atoms with van der Waals surface area (Å²) in [5, 5.41) is 3.91. The molecule has 1 aliphatic carbocycles. The highest BCUT2D eigenvalue weighted by Crippen LogP contribution is 2.35. The summed E-state index contributed by atoms with van der Waals surface area (Å²) in [4.78, 5) is 11.6. The van der Waals surface area contributed by atoms with E-state index in [1.54, 1.807) is 0 Å². The Morgan fingerprint density at radius 3 is 2.88 bits per heavy atom. The molecule has 16 heavy (non-hydrogen) atoms. The van der Waals surface area contributed by atoms with E-state index in [9.17, 15) is 4.79 Å². The molecule has 1 fully saturated rings. The van der Waals surface area contributed by atoms with Crippen molar-refractivity contribution in [3.05, 3.63) is 0 Å². The zero-order chi connectivity index (χ0) is 12.0. The number of amides is 1. The van der Waals surface area contributed by atoms with Crippen molar-refractivity contribution in [2.45, 2.75) is 56.7 Å². The molecule has 94 valence electrons. The Kier molecular flexibility index (Phi) is 5.62. The van der Waals surface area contributed by atoms with Crippen molar-refractivity contribution in [1.29, 1.82) is 0 Å². The number of primary amides is 1. The Morgan fingerprint density at radius 2 is 2.31 bits per heavy atom. The molecule has 0 aromatic heterocycles. The number of nitrogens with one attached hydrogen (secondary N) is 1. The van der Waals surface area contributed by atoms with Gasteiger partial charge in [-0.1, -0.05) is 13.8 Å². The molecule has 4 heteroatoms. The highest BCUT2D eigenvalue weighted by atomic mass is 32.2. The van der Waals surface area contributed by atoms with Gasteiger partial charge < -0.3 is 11.1 Å². The normalized spacial score (nSPS) is 30.2. The van der Waals surface area contributed by atoms with E-state index in [2.05, 4.69) is 12.2 Å². The van der Waals surface area contributed by atoms with E-state index < -0.39 is 5.54 Å². The number of carbonyl (C=O) groups is 1. The third kappa shape index (κ3) is 3.39. The Morgan fingerprint density at radius 1 is 1.56 bits per heavy atom. The van der Waals surface area contributed by atoms with Crippen molar-refractivity contribution in [3.63, 3.8) is 0 Å². The van der Waals surface area contributed by atoms with E-state index in [0.717, 1.165) is 25.8 Å². The quantitative estimate of drug-likeness (QED) is 0.750. The lowest BCUT2D eigenvalue weighted by Gasteiger charge is -2.39. The number of hydrogen-bond donors (Lipinski definition) is 2. The third-order valence-corrected chi connectivity index (χ3v) is 4.77. The average molecular weight is 244 g/mol. The minimum atomic E-state index is -0.432. The molecule has 1 amide bonds. The van der Waals surface area contributed by atoms with Gasteiger partial charge in [-0.3, -0.25) is 4.79 Å². The molecule has 0 radical (unpaired) electrons. The number of likely N-dealkylation sites (N-methyl/N-ethyl adjacent to an activating group) is 1. The van der Waals surface area contributed by atoms with Gasteiger partial charge in [-0.2, -0.15) is 11.8 Å². The summed E-state index contributed by atoms with van der Waals surface area (Å²) < 4.78 is 0. The van der Waals surface area contributed by atoms with Gasteiger partial charge in [0.05, 0.1) is 5.54 Å². The van der Waals surface area contributed by atoms with E-state index in [1.165, 1.54) is 18.6 Å². The number of hydrogen-bond acceptors (Lipinski definition) is 3. The molecule has 2 unspecified atom stereocenters. The molecule has 1 rings (SSSR count). The monoisotopic (exact) mass is 244 g/mol. The number of thioether (sulfide) groups is 1.